The number of nitrogens with two attached hydrogens (primary N) is 1. The zero-order valence-electron chi connectivity index (χ0n) is 8.97. The summed E-state index contributed by atoms with van der Waals surface area (Å²) in [6.45, 7) is 0. The van der Waals surface area contributed by atoms with Crippen molar-refractivity contribution in [3.63, 3.8) is 0 Å². The fourth-order valence-corrected chi connectivity index (χ4v) is 1.23. The maximum atomic E-state index is 11.4. The maximum absolute atomic E-state index is 11.4. The van der Waals surface area contributed by atoms with Gasteiger partial charge in [0, 0.05) is 6.20 Å². The van der Waals surface area contributed by atoms with Crippen LogP contribution in [0.2, 0.25) is 0 Å². The average molecular weight is 224 g/mol. The SMILES string of the molecule is COC(=O)C(C(=O)OC)c1ncccc1N. The van der Waals surface area contributed by atoms with Gasteiger partial charge in [0.2, 0.25) is 0 Å². The van der Waals surface area contributed by atoms with Gasteiger partial charge in [-0.1, -0.05) is 0 Å². The van der Waals surface area contributed by atoms with Gasteiger partial charge in [-0.25, -0.2) is 0 Å². The largest absolute Gasteiger partial charge is 0.468 e. The van der Waals surface area contributed by atoms with Gasteiger partial charge >= 0.3 is 11.9 Å². The standard InChI is InChI=1S/C10H12N2O4/c1-15-9(13)7(10(14)16-2)8-6(11)4-3-5-12-8/h3-5,7H,11H2,1-2H3. The van der Waals surface area contributed by atoms with Crippen molar-refractivity contribution in [1.82, 2.24) is 4.98 Å². The summed E-state index contributed by atoms with van der Waals surface area (Å²) in [4.78, 5) is 26.8. The number of hydrogen-bond acceptors (Lipinski definition) is 6. The van der Waals surface area contributed by atoms with Gasteiger partial charge in [0.1, 0.15) is 0 Å². The first-order chi connectivity index (χ1) is 7.61. The fourth-order valence-electron chi connectivity index (χ4n) is 1.23. The highest BCUT2D eigenvalue weighted by Crippen LogP contribution is 2.22. The van der Waals surface area contributed by atoms with Gasteiger partial charge in [0.15, 0.2) is 5.92 Å². The van der Waals surface area contributed by atoms with E-state index in [1.807, 2.05) is 0 Å². The average Bonchev–Trinajstić information content (AvgIpc) is 2.31. The molecule has 6 heteroatoms. The van der Waals surface area contributed by atoms with Gasteiger partial charge in [0.05, 0.1) is 25.6 Å². The molecule has 1 aromatic heterocycles. The van der Waals surface area contributed by atoms with E-state index in [4.69, 9.17) is 5.73 Å². The predicted molar refractivity (Wildman–Crippen MR) is 55.4 cm³/mol. The number of carbonyl (C=O) groups is 2. The van der Waals surface area contributed by atoms with Crippen molar-refractivity contribution in [2.45, 2.75) is 5.92 Å². The quantitative estimate of drug-likeness (QED) is 0.578. The smallest absolute Gasteiger partial charge is 0.326 e. The van der Waals surface area contributed by atoms with Gasteiger partial charge in [-0.2, -0.15) is 0 Å². The van der Waals surface area contributed by atoms with E-state index >= 15 is 0 Å². The Balaban J connectivity index is 3.16. The van der Waals surface area contributed by atoms with Crippen LogP contribution in [0.5, 0.6) is 0 Å². The summed E-state index contributed by atoms with van der Waals surface area (Å²) in [6.07, 6.45) is 1.44. The number of pyridine rings is 1. The Bertz CT molecular complexity index is 390. The number of nitrogen functional groups attached to an aromatic ring is 1. The topological polar surface area (TPSA) is 91.5 Å². The Morgan fingerprint density at radius 3 is 2.31 bits per heavy atom. The number of methoxy groups -OCH3 is 2. The molecular weight excluding hydrogens is 212 g/mol. The predicted octanol–water partition coefficient (Wildman–Crippen LogP) is 0.0934. The van der Waals surface area contributed by atoms with Crippen LogP contribution in [0.25, 0.3) is 0 Å². The minimum absolute atomic E-state index is 0.140. The van der Waals surface area contributed by atoms with Crippen LogP contribution in [0.15, 0.2) is 18.3 Å². The van der Waals surface area contributed by atoms with Crippen molar-refractivity contribution in [3.8, 4) is 0 Å². The summed E-state index contributed by atoms with van der Waals surface area (Å²) in [5.41, 5.74) is 6.01. The second-order valence-electron chi connectivity index (χ2n) is 2.96. The molecule has 6 nitrogen and oxygen atoms in total. The number of ether oxygens (including phenoxy) is 2. The van der Waals surface area contributed by atoms with Gasteiger partial charge < -0.3 is 15.2 Å². The molecule has 0 atom stereocenters. The molecule has 0 amide bonds. The van der Waals surface area contributed by atoms with Gasteiger partial charge in [-0.3, -0.25) is 14.6 Å². The van der Waals surface area contributed by atoms with E-state index < -0.39 is 17.9 Å². The molecule has 0 radical (unpaired) electrons. The molecule has 0 aliphatic carbocycles. The van der Waals surface area contributed by atoms with E-state index in [1.165, 1.54) is 20.4 Å². The summed E-state index contributed by atoms with van der Waals surface area (Å²) in [5.74, 6) is -2.74. The summed E-state index contributed by atoms with van der Waals surface area (Å²) < 4.78 is 9.02. The molecule has 1 heterocycles. The number of anilines is 1. The number of rotatable bonds is 3. The van der Waals surface area contributed by atoms with Crippen molar-refractivity contribution in [1.29, 1.82) is 0 Å². The van der Waals surface area contributed by atoms with Crippen LogP contribution in [0.3, 0.4) is 0 Å². The van der Waals surface area contributed by atoms with E-state index in [0.717, 1.165) is 0 Å². The molecule has 0 aliphatic heterocycles. The summed E-state index contributed by atoms with van der Waals surface area (Å²) in [6, 6.07) is 3.14. The van der Waals surface area contributed by atoms with Crippen molar-refractivity contribution < 1.29 is 19.1 Å². The second kappa shape index (κ2) is 5.11. The molecule has 16 heavy (non-hydrogen) atoms. The van der Waals surface area contributed by atoms with Crippen LogP contribution in [0, 0.1) is 0 Å². The summed E-state index contributed by atoms with van der Waals surface area (Å²) >= 11 is 0. The lowest BCUT2D eigenvalue weighted by Crippen LogP contribution is -2.26. The van der Waals surface area contributed by atoms with Gasteiger partial charge in [0.25, 0.3) is 0 Å². The molecule has 0 spiro atoms. The lowest BCUT2D eigenvalue weighted by Gasteiger charge is -2.13. The first-order valence-corrected chi connectivity index (χ1v) is 4.47. The molecule has 0 aromatic carbocycles. The molecule has 0 bridgehead atoms. The first-order valence-electron chi connectivity index (χ1n) is 4.47. The van der Waals surface area contributed by atoms with Crippen LogP contribution >= 0.6 is 0 Å². The van der Waals surface area contributed by atoms with Crippen LogP contribution in [0.4, 0.5) is 5.69 Å². The molecule has 86 valence electrons. The number of hydrogen-bond donors (Lipinski definition) is 1. The third-order valence-corrected chi connectivity index (χ3v) is 2.02. The highest BCUT2D eigenvalue weighted by atomic mass is 16.5. The lowest BCUT2D eigenvalue weighted by atomic mass is 10.0. The molecule has 1 aromatic rings. The lowest BCUT2D eigenvalue weighted by molar-refractivity contribution is -0.154. The van der Waals surface area contributed by atoms with Crippen LogP contribution in [-0.2, 0) is 19.1 Å². The van der Waals surface area contributed by atoms with Crippen molar-refractivity contribution >= 4 is 17.6 Å². The molecule has 0 fully saturated rings. The molecule has 2 N–H and O–H groups in total. The monoisotopic (exact) mass is 224 g/mol. The van der Waals surface area contributed by atoms with Crippen LogP contribution in [0.1, 0.15) is 11.6 Å². The first kappa shape index (κ1) is 12.0. The molecule has 0 unspecified atom stereocenters. The normalized spacial score (nSPS) is 9.94. The van der Waals surface area contributed by atoms with Crippen molar-refractivity contribution in [2.75, 3.05) is 20.0 Å². The molecular formula is C10H12N2O4. The van der Waals surface area contributed by atoms with E-state index in [9.17, 15) is 9.59 Å². The van der Waals surface area contributed by atoms with E-state index in [-0.39, 0.29) is 11.4 Å². The summed E-state index contributed by atoms with van der Waals surface area (Å²) in [5, 5.41) is 0. The maximum Gasteiger partial charge on any atom is 0.326 e. The minimum Gasteiger partial charge on any atom is -0.468 e. The number of esters is 2. The summed E-state index contributed by atoms with van der Waals surface area (Å²) in [7, 11) is 2.36. The number of carbonyl (C=O) groups excluding carboxylic acids is 2. The van der Waals surface area contributed by atoms with E-state index in [1.54, 1.807) is 12.1 Å². The van der Waals surface area contributed by atoms with Crippen LogP contribution in [-0.4, -0.2) is 31.1 Å². The fraction of sp³-hybridized carbons (Fsp3) is 0.300. The minimum atomic E-state index is -1.24. The Morgan fingerprint density at radius 1 is 1.31 bits per heavy atom. The third kappa shape index (κ3) is 2.28. The Morgan fingerprint density at radius 2 is 1.88 bits per heavy atom. The van der Waals surface area contributed by atoms with Crippen molar-refractivity contribution in [2.24, 2.45) is 0 Å². The third-order valence-electron chi connectivity index (χ3n) is 2.02. The Labute approximate surface area is 92.4 Å². The van der Waals surface area contributed by atoms with Gasteiger partial charge in [-0.05, 0) is 12.1 Å². The van der Waals surface area contributed by atoms with E-state index in [2.05, 4.69) is 14.5 Å². The van der Waals surface area contributed by atoms with Crippen LogP contribution < -0.4 is 5.73 Å². The molecule has 0 saturated heterocycles. The van der Waals surface area contributed by atoms with Crippen molar-refractivity contribution in [3.05, 3.63) is 24.0 Å². The molecule has 0 aliphatic rings. The highest BCUT2D eigenvalue weighted by molar-refractivity contribution is 6.01. The molecule has 1 rings (SSSR count). The second-order valence-corrected chi connectivity index (χ2v) is 2.96. The Hall–Kier alpha value is -2.11. The highest BCUT2D eigenvalue weighted by Gasteiger charge is 2.33. The van der Waals surface area contributed by atoms with E-state index in [0.29, 0.717) is 0 Å². The molecule has 0 saturated carbocycles. The number of aromatic nitrogens is 1. The zero-order chi connectivity index (χ0) is 12.1. The Kier molecular flexibility index (Phi) is 3.82. The number of nitrogens with zero attached hydrogens (tertiary/aromatic N) is 1. The van der Waals surface area contributed by atoms with Gasteiger partial charge in [-0.15, -0.1) is 0 Å². The zero-order valence-corrected chi connectivity index (χ0v) is 8.97.